The maximum absolute atomic E-state index is 10.0. The lowest BCUT2D eigenvalue weighted by atomic mass is 10.1. The summed E-state index contributed by atoms with van der Waals surface area (Å²) in [7, 11) is 0. The molecule has 0 unspecified atom stereocenters. The third-order valence-electron chi connectivity index (χ3n) is 0.926. The summed E-state index contributed by atoms with van der Waals surface area (Å²) in [5.74, 6) is 0. The van der Waals surface area contributed by atoms with Crippen molar-refractivity contribution < 1.29 is 0 Å². The Kier molecular flexibility index (Phi) is 2.91. The van der Waals surface area contributed by atoms with Crippen molar-refractivity contribution in [3.8, 4) is 0 Å². The fraction of sp³-hybridized carbons (Fsp3) is 0.667. The van der Waals surface area contributed by atoms with E-state index in [2.05, 4.69) is 17.1 Å². The third kappa shape index (κ3) is 3.70. The molecule has 0 rings (SSSR count). The first-order chi connectivity index (χ1) is 4.12. The summed E-state index contributed by atoms with van der Waals surface area (Å²) in [5, 5.41) is 5.71. The van der Waals surface area contributed by atoms with E-state index >= 15 is 0 Å². The lowest BCUT2D eigenvalue weighted by molar-refractivity contribution is 0.499. The first kappa shape index (κ1) is 8.14. The molecular weight excluding hydrogens is 116 g/mol. The largest absolute Gasteiger partial charge is 0.389 e. The van der Waals surface area contributed by atoms with Crippen molar-refractivity contribution in [2.45, 2.75) is 19.4 Å². The molecular formula is C6H12N2O. The summed E-state index contributed by atoms with van der Waals surface area (Å²) >= 11 is 0. The molecule has 1 N–H and O–H groups in total. The van der Waals surface area contributed by atoms with Gasteiger partial charge in [0.15, 0.2) is 0 Å². The summed E-state index contributed by atoms with van der Waals surface area (Å²) in [6.45, 7) is 7.51. The van der Waals surface area contributed by atoms with Gasteiger partial charge in [-0.25, -0.2) is 0 Å². The predicted molar refractivity (Wildman–Crippen MR) is 38.1 cm³/mol. The predicted octanol–water partition coefficient (Wildman–Crippen LogP) is 1.26. The minimum Gasteiger partial charge on any atom is -0.389 e. The molecule has 0 radical (unpaired) electrons. The Balaban J connectivity index is 3.57. The van der Waals surface area contributed by atoms with Crippen LogP contribution in [0.15, 0.2) is 18.0 Å². The Morgan fingerprint density at radius 1 is 1.78 bits per heavy atom. The minimum atomic E-state index is -0.520. The van der Waals surface area contributed by atoms with Crippen LogP contribution in [0, 0.1) is 4.91 Å². The molecule has 0 atom stereocenters. The molecule has 0 saturated heterocycles. The number of hydrogen-bond donors (Lipinski definition) is 1. The molecule has 0 bridgehead atoms. The lowest BCUT2D eigenvalue weighted by Crippen LogP contribution is -2.29. The van der Waals surface area contributed by atoms with E-state index < -0.39 is 5.54 Å². The molecule has 0 saturated carbocycles. The van der Waals surface area contributed by atoms with Gasteiger partial charge in [-0.2, -0.15) is 4.91 Å². The van der Waals surface area contributed by atoms with E-state index in [-0.39, 0.29) is 0 Å². The molecule has 0 aliphatic carbocycles. The fourth-order valence-corrected chi connectivity index (χ4v) is 0.354. The molecule has 9 heavy (non-hydrogen) atoms. The van der Waals surface area contributed by atoms with Crippen LogP contribution in [0.1, 0.15) is 13.8 Å². The Labute approximate surface area is 55.1 Å². The van der Waals surface area contributed by atoms with Crippen molar-refractivity contribution in [1.82, 2.24) is 5.32 Å². The van der Waals surface area contributed by atoms with Gasteiger partial charge in [-0.05, 0) is 20.0 Å². The van der Waals surface area contributed by atoms with Crippen LogP contribution in [0.4, 0.5) is 0 Å². The molecule has 0 aromatic rings. The zero-order valence-corrected chi connectivity index (χ0v) is 5.85. The zero-order chi connectivity index (χ0) is 7.33. The highest BCUT2D eigenvalue weighted by molar-refractivity contribution is 4.81. The second kappa shape index (κ2) is 3.22. The Bertz CT molecular complexity index is 110. The van der Waals surface area contributed by atoms with Gasteiger partial charge in [-0.1, -0.05) is 11.8 Å². The highest BCUT2D eigenvalue weighted by Crippen LogP contribution is 2.04. The molecule has 0 spiro atoms. The smallest absolute Gasteiger partial charge is 0.114 e. The van der Waals surface area contributed by atoms with Gasteiger partial charge < -0.3 is 5.32 Å². The lowest BCUT2D eigenvalue weighted by Gasteiger charge is -2.13. The third-order valence-corrected chi connectivity index (χ3v) is 0.926. The van der Waals surface area contributed by atoms with Crippen LogP contribution in [0.25, 0.3) is 0 Å². The standard InChI is InChI=1S/C6H12N2O/c1-4-7-5-6(2,3)8-9/h4,7H,1,5H2,2-3H3. The van der Waals surface area contributed by atoms with E-state index in [9.17, 15) is 4.91 Å². The fourth-order valence-electron chi connectivity index (χ4n) is 0.354. The summed E-state index contributed by atoms with van der Waals surface area (Å²) in [6.07, 6.45) is 1.55. The van der Waals surface area contributed by atoms with Crippen molar-refractivity contribution >= 4 is 0 Å². The topological polar surface area (TPSA) is 41.5 Å². The van der Waals surface area contributed by atoms with E-state index in [1.807, 2.05) is 0 Å². The second-order valence-electron chi connectivity index (χ2n) is 2.49. The monoisotopic (exact) mass is 128 g/mol. The quantitative estimate of drug-likeness (QED) is 0.579. The SMILES string of the molecule is C=CNCC(C)(C)N=O. The highest BCUT2D eigenvalue weighted by atomic mass is 16.3. The average molecular weight is 128 g/mol. The number of nitrogens with zero attached hydrogens (tertiary/aromatic N) is 1. The van der Waals surface area contributed by atoms with E-state index in [0.29, 0.717) is 6.54 Å². The number of nitroso groups, excluding NO2 is 1. The van der Waals surface area contributed by atoms with Crippen LogP contribution in [0.3, 0.4) is 0 Å². The van der Waals surface area contributed by atoms with Crippen LogP contribution >= 0.6 is 0 Å². The Hall–Kier alpha value is -0.860. The van der Waals surface area contributed by atoms with E-state index in [1.54, 1.807) is 20.0 Å². The Morgan fingerprint density at radius 3 is 2.67 bits per heavy atom. The maximum Gasteiger partial charge on any atom is 0.114 e. The van der Waals surface area contributed by atoms with Gasteiger partial charge >= 0.3 is 0 Å². The number of hydrogen-bond acceptors (Lipinski definition) is 3. The number of nitrogens with one attached hydrogen (secondary N) is 1. The molecule has 0 aromatic heterocycles. The van der Waals surface area contributed by atoms with Crippen LogP contribution in [0.2, 0.25) is 0 Å². The summed E-state index contributed by atoms with van der Waals surface area (Å²) in [5.41, 5.74) is -0.520. The molecule has 0 aliphatic heterocycles. The van der Waals surface area contributed by atoms with Gasteiger partial charge in [0.05, 0.1) is 0 Å². The minimum absolute atomic E-state index is 0.520. The molecule has 52 valence electrons. The zero-order valence-electron chi connectivity index (χ0n) is 5.85. The van der Waals surface area contributed by atoms with Gasteiger partial charge in [-0.15, -0.1) is 0 Å². The molecule has 3 heteroatoms. The molecule has 3 nitrogen and oxygen atoms in total. The maximum atomic E-state index is 10.0. The normalized spacial score (nSPS) is 10.4. The summed E-state index contributed by atoms with van der Waals surface area (Å²) in [4.78, 5) is 10.0. The molecule has 0 heterocycles. The van der Waals surface area contributed by atoms with E-state index in [4.69, 9.17) is 0 Å². The van der Waals surface area contributed by atoms with E-state index in [0.717, 1.165) is 0 Å². The van der Waals surface area contributed by atoms with Gasteiger partial charge in [-0.3, -0.25) is 0 Å². The molecule has 0 fully saturated rings. The van der Waals surface area contributed by atoms with Crippen LogP contribution in [0.5, 0.6) is 0 Å². The van der Waals surface area contributed by atoms with Gasteiger partial charge in [0.2, 0.25) is 0 Å². The summed E-state index contributed by atoms with van der Waals surface area (Å²) in [6, 6.07) is 0. The van der Waals surface area contributed by atoms with Crippen molar-refractivity contribution in [3.05, 3.63) is 17.7 Å². The van der Waals surface area contributed by atoms with Crippen molar-refractivity contribution in [2.24, 2.45) is 5.18 Å². The second-order valence-corrected chi connectivity index (χ2v) is 2.49. The van der Waals surface area contributed by atoms with Crippen molar-refractivity contribution in [2.75, 3.05) is 6.54 Å². The first-order valence-corrected chi connectivity index (χ1v) is 2.81. The van der Waals surface area contributed by atoms with Gasteiger partial charge in [0.1, 0.15) is 5.54 Å². The highest BCUT2D eigenvalue weighted by Gasteiger charge is 2.15. The van der Waals surface area contributed by atoms with Gasteiger partial charge in [0.25, 0.3) is 0 Å². The van der Waals surface area contributed by atoms with Crippen LogP contribution < -0.4 is 5.32 Å². The van der Waals surface area contributed by atoms with Gasteiger partial charge in [0, 0.05) is 6.54 Å². The molecule has 0 aromatic carbocycles. The number of rotatable bonds is 4. The summed E-state index contributed by atoms with van der Waals surface area (Å²) < 4.78 is 0. The molecule has 0 aliphatic rings. The van der Waals surface area contributed by atoms with Crippen molar-refractivity contribution in [1.29, 1.82) is 0 Å². The first-order valence-electron chi connectivity index (χ1n) is 2.81. The van der Waals surface area contributed by atoms with Crippen molar-refractivity contribution in [3.63, 3.8) is 0 Å². The Morgan fingerprint density at radius 2 is 2.33 bits per heavy atom. The van der Waals surface area contributed by atoms with E-state index in [1.165, 1.54) is 0 Å². The molecule has 0 amide bonds. The van der Waals surface area contributed by atoms with Crippen LogP contribution in [-0.2, 0) is 0 Å². The van der Waals surface area contributed by atoms with Crippen LogP contribution in [-0.4, -0.2) is 12.1 Å². The average Bonchev–Trinajstić information content (AvgIpc) is 1.84.